The number of hydrogen-bond acceptors (Lipinski definition) is 1. The van der Waals surface area contributed by atoms with E-state index in [0.29, 0.717) is 0 Å². The van der Waals surface area contributed by atoms with Crippen molar-refractivity contribution in [3.63, 3.8) is 0 Å². The molecule has 0 N–H and O–H groups in total. The fraction of sp³-hybridized carbons (Fsp3) is 0.0455. The van der Waals surface area contributed by atoms with E-state index in [-0.39, 0.29) is 0 Å². The van der Waals surface area contributed by atoms with Gasteiger partial charge in [-0.3, -0.25) is 0 Å². The molecule has 0 fully saturated rings. The summed E-state index contributed by atoms with van der Waals surface area (Å²) in [6.45, 7) is 0. The molecule has 0 radical (unpaired) electrons. The number of furan rings is 1. The number of para-hydroxylation sites is 1. The summed E-state index contributed by atoms with van der Waals surface area (Å²) in [6, 6.07) is 51.3. The Labute approximate surface area is 265 Å². The third-order valence-electron chi connectivity index (χ3n) is 10.4. The van der Waals surface area contributed by atoms with E-state index in [2.05, 4.69) is 138 Å². The molecule has 0 aliphatic heterocycles. The first kappa shape index (κ1) is 24.5. The summed E-state index contributed by atoms with van der Waals surface area (Å²) in [6.07, 6.45) is 2.03. The van der Waals surface area contributed by atoms with Gasteiger partial charge in [-0.25, -0.2) is 0 Å². The molecule has 0 bridgehead atoms. The molecule has 2 aliphatic carbocycles. The number of hydrogen-bond donors (Lipinski definition) is 0. The summed E-state index contributed by atoms with van der Waals surface area (Å²) in [5.41, 5.74) is 17.6. The van der Waals surface area contributed by atoms with Gasteiger partial charge in [0, 0.05) is 39.2 Å². The van der Waals surface area contributed by atoms with Crippen molar-refractivity contribution in [1.82, 2.24) is 4.57 Å². The molecule has 2 nitrogen and oxygen atoms in total. The van der Waals surface area contributed by atoms with Crippen molar-refractivity contribution in [3.05, 3.63) is 151 Å². The number of benzene rings is 7. The van der Waals surface area contributed by atoms with Crippen LogP contribution in [0.25, 0.3) is 93.8 Å². The zero-order chi connectivity index (χ0) is 29.9. The number of nitrogens with zero attached hydrogens (tertiary/aromatic N) is 1. The third-order valence-corrected chi connectivity index (χ3v) is 10.4. The zero-order valence-electron chi connectivity index (χ0n) is 25.0. The summed E-state index contributed by atoms with van der Waals surface area (Å²) in [7, 11) is 0. The Kier molecular flexibility index (Phi) is 4.71. The van der Waals surface area contributed by atoms with Gasteiger partial charge in [0.2, 0.25) is 0 Å². The molecule has 2 aromatic heterocycles. The van der Waals surface area contributed by atoms with Gasteiger partial charge in [0.1, 0.15) is 11.2 Å². The van der Waals surface area contributed by atoms with Crippen LogP contribution in [0.2, 0.25) is 0 Å². The first-order chi connectivity index (χ1) is 22.8. The lowest BCUT2D eigenvalue weighted by molar-refractivity contribution is 0.669. The van der Waals surface area contributed by atoms with Crippen molar-refractivity contribution in [3.8, 4) is 50.2 Å². The van der Waals surface area contributed by atoms with Crippen LogP contribution in [0.3, 0.4) is 0 Å². The van der Waals surface area contributed by atoms with Crippen LogP contribution in [0.1, 0.15) is 11.3 Å². The summed E-state index contributed by atoms with van der Waals surface area (Å²) in [5, 5.41) is 6.30. The topological polar surface area (TPSA) is 18.1 Å². The van der Waals surface area contributed by atoms with Crippen LogP contribution < -0.4 is 0 Å². The lowest BCUT2D eigenvalue weighted by Crippen LogP contribution is -2.08. The molecule has 0 atom stereocenters. The van der Waals surface area contributed by atoms with Crippen molar-refractivity contribution < 1.29 is 4.42 Å². The van der Waals surface area contributed by atoms with Crippen molar-refractivity contribution in [1.29, 1.82) is 0 Å². The average molecular weight is 586 g/mol. The second kappa shape index (κ2) is 8.87. The van der Waals surface area contributed by atoms with Crippen LogP contribution in [0, 0.1) is 0 Å². The Morgan fingerprint density at radius 2 is 1.17 bits per heavy atom. The summed E-state index contributed by atoms with van der Waals surface area (Å²) < 4.78 is 8.94. The van der Waals surface area contributed by atoms with Crippen LogP contribution in [0.15, 0.2) is 144 Å². The standard InChI is InChI=1S/C44H27NO/c1-2-12-30-26(9-1)19-22-39-44(30)38-24-37-33-15-5-6-18-41(33)46-42(37)25-40(38)45(39)28-11-7-10-27(23-28)29-20-21-36-32-14-4-3-13-31(32)35-17-8-16-34(29)43(35)36/h1-18,20-21,23-25H,19,22H2. The van der Waals surface area contributed by atoms with Crippen LogP contribution in [-0.2, 0) is 12.8 Å². The molecule has 0 spiro atoms. The molecule has 0 saturated heterocycles. The van der Waals surface area contributed by atoms with Crippen LogP contribution >= 0.6 is 0 Å². The van der Waals surface area contributed by atoms with E-state index >= 15 is 0 Å². The second-order valence-electron chi connectivity index (χ2n) is 12.8. The van der Waals surface area contributed by atoms with Gasteiger partial charge in [-0.1, -0.05) is 109 Å². The SMILES string of the molecule is c1cc(-c2ccc3c4c(cccc24)-c2ccccc2-3)cc(-n2c3c(c4cc5c(cc42)oc2ccccc25)-c2ccccc2CC3)c1. The highest BCUT2D eigenvalue weighted by Gasteiger charge is 2.27. The number of fused-ring (bicyclic) bond motifs is 11. The van der Waals surface area contributed by atoms with Crippen LogP contribution in [-0.4, -0.2) is 4.57 Å². The highest BCUT2D eigenvalue weighted by atomic mass is 16.3. The van der Waals surface area contributed by atoms with Gasteiger partial charge in [0.05, 0.1) is 5.52 Å². The molecule has 0 saturated carbocycles. The molecular weight excluding hydrogens is 558 g/mol. The first-order valence-electron chi connectivity index (χ1n) is 16.1. The van der Waals surface area contributed by atoms with E-state index in [1.165, 1.54) is 93.9 Å². The minimum absolute atomic E-state index is 0.932. The quantitative estimate of drug-likeness (QED) is 0.197. The molecular formula is C44H27NO. The lowest BCUT2D eigenvalue weighted by atomic mass is 9.88. The second-order valence-corrected chi connectivity index (χ2v) is 12.8. The van der Waals surface area contributed by atoms with Gasteiger partial charge in [-0.2, -0.15) is 0 Å². The minimum Gasteiger partial charge on any atom is -0.456 e. The molecule has 2 heteroatoms. The van der Waals surface area contributed by atoms with Crippen molar-refractivity contribution >= 4 is 43.6 Å². The predicted molar refractivity (Wildman–Crippen MR) is 191 cm³/mol. The Balaban J connectivity index is 1.18. The Hall–Kier alpha value is -5.86. The summed E-state index contributed by atoms with van der Waals surface area (Å²) in [5.74, 6) is 0. The maximum absolute atomic E-state index is 6.44. The highest BCUT2D eigenvalue weighted by molar-refractivity contribution is 6.19. The molecule has 2 aliphatic rings. The molecule has 9 aromatic rings. The van der Waals surface area contributed by atoms with Gasteiger partial charge in [-0.15, -0.1) is 0 Å². The summed E-state index contributed by atoms with van der Waals surface area (Å²) >= 11 is 0. The summed E-state index contributed by atoms with van der Waals surface area (Å²) in [4.78, 5) is 0. The maximum Gasteiger partial charge on any atom is 0.137 e. The van der Waals surface area contributed by atoms with E-state index in [1.807, 2.05) is 6.07 Å². The average Bonchev–Trinajstić information content (AvgIpc) is 3.76. The molecule has 0 amide bonds. The molecule has 46 heavy (non-hydrogen) atoms. The largest absolute Gasteiger partial charge is 0.456 e. The number of aromatic nitrogens is 1. The predicted octanol–water partition coefficient (Wildman–Crippen LogP) is 11.8. The molecule has 11 rings (SSSR count). The maximum atomic E-state index is 6.44. The van der Waals surface area contributed by atoms with Crippen molar-refractivity contribution in [2.75, 3.05) is 0 Å². The van der Waals surface area contributed by atoms with E-state index in [1.54, 1.807) is 0 Å². The Morgan fingerprint density at radius 1 is 0.457 bits per heavy atom. The smallest absolute Gasteiger partial charge is 0.137 e. The van der Waals surface area contributed by atoms with Gasteiger partial charge < -0.3 is 8.98 Å². The fourth-order valence-corrected chi connectivity index (χ4v) is 8.50. The number of aryl methyl sites for hydroxylation is 1. The number of rotatable bonds is 2. The van der Waals surface area contributed by atoms with E-state index in [0.717, 1.165) is 24.0 Å². The van der Waals surface area contributed by atoms with Crippen LogP contribution in [0.4, 0.5) is 0 Å². The Bertz CT molecular complexity index is 2730. The Morgan fingerprint density at radius 3 is 2.09 bits per heavy atom. The minimum atomic E-state index is 0.932. The highest BCUT2D eigenvalue weighted by Crippen LogP contribution is 2.50. The van der Waals surface area contributed by atoms with Gasteiger partial charge in [0.15, 0.2) is 0 Å². The van der Waals surface area contributed by atoms with Gasteiger partial charge >= 0.3 is 0 Å². The first-order valence-corrected chi connectivity index (χ1v) is 16.1. The normalized spacial score (nSPS) is 13.0. The molecule has 2 heterocycles. The molecule has 0 unspecified atom stereocenters. The third kappa shape index (κ3) is 3.15. The van der Waals surface area contributed by atoms with Gasteiger partial charge in [-0.05, 0) is 92.4 Å². The van der Waals surface area contributed by atoms with Gasteiger partial charge in [0.25, 0.3) is 0 Å². The van der Waals surface area contributed by atoms with Crippen molar-refractivity contribution in [2.24, 2.45) is 0 Å². The van der Waals surface area contributed by atoms with E-state index in [4.69, 9.17) is 4.42 Å². The molecule has 7 aromatic carbocycles. The zero-order valence-corrected chi connectivity index (χ0v) is 25.0. The fourth-order valence-electron chi connectivity index (χ4n) is 8.50. The van der Waals surface area contributed by atoms with E-state index < -0.39 is 0 Å². The van der Waals surface area contributed by atoms with Crippen molar-refractivity contribution in [2.45, 2.75) is 12.8 Å². The molecule has 214 valence electrons. The van der Waals surface area contributed by atoms with Crippen LogP contribution in [0.5, 0.6) is 0 Å². The monoisotopic (exact) mass is 585 g/mol. The van der Waals surface area contributed by atoms with E-state index in [9.17, 15) is 0 Å². The lowest BCUT2D eigenvalue weighted by Gasteiger charge is -2.20.